The van der Waals surface area contributed by atoms with E-state index in [1.54, 1.807) is 0 Å². The second kappa shape index (κ2) is 7.50. The number of carbonyl (C=O) groups excluding carboxylic acids is 1. The molecule has 152 valence electrons. The van der Waals surface area contributed by atoms with Crippen LogP contribution in [0.4, 0.5) is 0 Å². The van der Waals surface area contributed by atoms with Gasteiger partial charge in [0.05, 0.1) is 5.92 Å². The normalized spacial score (nSPS) is 17.5. The van der Waals surface area contributed by atoms with Crippen LogP contribution in [0.3, 0.4) is 0 Å². The average molecular weight is 393 g/mol. The van der Waals surface area contributed by atoms with Crippen LogP contribution in [0.5, 0.6) is 0 Å². The van der Waals surface area contributed by atoms with Crippen molar-refractivity contribution in [2.24, 2.45) is 0 Å². The lowest BCUT2D eigenvalue weighted by molar-refractivity contribution is 0.0695. The minimum Gasteiger partial charge on any atom is -0.458 e. The topological polar surface area (TPSA) is 72.4 Å². The lowest BCUT2D eigenvalue weighted by atomic mass is 9.86. The Morgan fingerprint density at radius 2 is 1.90 bits per heavy atom. The molecule has 0 saturated carbocycles. The van der Waals surface area contributed by atoms with Gasteiger partial charge in [-0.2, -0.15) is 4.98 Å². The Labute approximate surface area is 170 Å². The van der Waals surface area contributed by atoms with Crippen LogP contribution < -0.4 is 0 Å². The number of aromatic nitrogens is 2. The van der Waals surface area contributed by atoms with Crippen LogP contribution in [0, 0.1) is 6.92 Å². The van der Waals surface area contributed by atoms with Gasteiger partial charge in [-0.3, -0.25) is 4.79 Å². The van der Waals surface area contributed by atoms with Gasteiger partial charge in [0.2, 0.25) is 11.7 Å². The summed E-state index contributed by atoms with van der Waals surface area (Å²) >= 11 is 0. The summed E-state index contributed by atoms with van der Waals surface area (Å²) in [4.78, 5) is 19.4. The van der Waals surface area contributed by atoms with E-state index in [9.17, 15) is 4.79 Å². The van der Waals surface area contributed by atoms with Gasteiger partial charge >= 0.3 is 0 Å². The first-order valence-electron chi connectivity index (χ1n) is 10.1. The first kappa shape index (κ1) is 19.4. The minimum atomic E-state index is 0.0406. The van der Waals surface area contributed by atoms with Crippen LogP contribution in [-0.4, -0.2) is 34.0 Å². The van der Waals surface area contributed by atoms with E-state index in [-0.39, 0.29) is 17.2 Å². The molecule has 6 heteroatoms. The maximum absolute atomic E-state index is 13.0. The molecule has 6 nitrogen and oxygen atoms in total. The Morgan fingerprint density at radius 1 is 1.14 bits per heavy atom. The number of likely N-dealkylation sites (tertiary alicyclic amines) is 1. The zero-order valence-corrected chi connectivity index (χ0v) is 17.4. The number of hydrogen-bond acceptors (Lipinski definition) is 5. The van der Waals surface area contributed by atoms with Gasteiger partial charge in [-0.25, -0.2) is 0 Å². The van der Waals surface area contributed by atoms with Gasteiger partial charge in [-0.05, 0) is 55.0 Å². The zero-order chi connectivity index (χ0) is 20.6. The van der Waals surface area contributed by atoms with Gasteiger partial charge in [-0.1, -0.05) is 38.1 Å². The van der Waals surface area contributed by atoms with Gasteiger partial charge in [0.25, 0.3) is 5.91 Å². The number of hydrogen-bond donors (Lipinski definition) is 0. The second-order valence-corrected chi connectivity index (χ2v) is 8.78. The van der Waals surface area contributed by atoms with Crippen molar-refractivity contribution >= 4 is 5.91 Å². The molecule has 1 aromatic carbocycles. The van der Waals surface area contributed by atoms with Gasteiger partial charge < -0.3 is 13.8 Å². The van der Waals surface area contributed by atoms with E-state index in [0.717, 1.165) is 30.7 Å². The second-order valence-electron chi connectivity index (χ2n) is 8.78. The minimum absolute atomic E-state index is 0.0406. The van der Waals surface area contributed by atoms with Crippen LogP contribution >= 0.6 is 0 Å². The summed E-state index contributed by atoms with van der Waals surface area (Å²) in [5.41, 5.74) is 2.01. The summed E-state index contributed by atoms with van der Waals surface area (Å²) in [5, 5.41) is 4.05. The van der Waals surface area contributed by atoms with E-state index in [0.29, 0.717) is 24.0 Å². The largest absolute Gasteiger partial charge is 0.458 e. The summed E-state index contributed by atoms with van der Waals surface area (Å²) in [6, 6.07) is 11.7. The summed E-state index contributed by atoms with van der Waals surface area (Å²) in [6.07, 6.45) is 1.83. The molecule has 1 amide bonds. The first-order chi connectivity index (χ1) is 13.8. The molecule has 0 bridgehead atoms. The van der Waals surface area contributed by atoms with E-state index in [2.05, 4.69) is 30.9 Å². The molecule has 2 aromatic heterocycles. The van der Waals surface area contributed by atoms with E-state index < -0.39 is 0 Å². The van der Waals surface area contributed by atoms with Gasteiger partial charge in [0.1, 0.15) is 5.76 Å². The molecule has 1 aliphatic rings. The van der Waals surface area contributed by atoms with Crippen molar-refractivity contribution in [1.29, 1.82) is 0 Å². The molecule has 0 spiro atoms. The van der Waals surface area contributed by atoms with Gasteiger partial charge in [0, 0.05) is 18.7 Å². The smallest absolute Gasteiger partial charge is 0.253 e. The summed E-state index contributed by atoms with van der Waals surface area (Å²) in [5.74, 6) is 2.51. The highest BCUT2D eigenvalue weighted by Crippen LogP contribution is 2.29. The highest BCUT2D eigenvalue weighted by molar-refractivity contribution is 5.94. The third-order valence-corrected chi connectivity index (χ3v) is 5.46. The molecule has 0 unspecified atom stereocenters. The maximum atomic E-state index is 13.0. The van der Waals surface area contributed by atoms with Crippen LogP contribution in [0.2, 0.25) is 0 Å². The molecule has 3 aromatic rings. The highest BCUT2D eigenvalue weighted by Gasteiger charge is 2.29. The Hall–Kier alpha value is -2.89. The van der Waals surface area contributed by atoms with Crippen molar-refractivity contribution in [3.63, 3.8) is 0 Å². The molecule has 0 radical (unpaired) electrons. The lowest BCUT2D eigenvalue weighted by Crippen LogP contribution is -2.39. The number of amides is 1. The molecule has 1 atom stereocenters. The summed E-state index contributed by atoms with van der Waals surface area (Å²) < 4.78 is 11.1. The molecule has 29 heavy (non-hydrogen) atoms. The zero-order valence-electron chi connectivity index (χ0n) is 17.4. The molecule has 1 saturated heterocycles. The lowest BCUT2D eigenvalue weighted by Gasteiger charge is -2.31. The molecule has 1 fully saturated rings. The monoisotopic (exact) mass is 393 g/mol. The van der Waals surface area contributed by atoms with E-state index in [1.165, 1.54) is 5.56 Å². The Kier molecular flexibility index (Phi) is 5.03. The van der Waals surface area contributed by atoms with Crippen molar-refractivity contribution in [3.05, 3.63) is 59.2 Å². The predicted octanol–water partition coefficient (Wildman–Crippen LogP) is 4.96. The quantitative estimate of drug-likeness (QED) is 0.629. The summed E-state index contributed by atoms with van der Waals surface area (Å²) in [6.45, 7) is 9.71. The van der Waals surface area contributed by atoms with Gasteiger partial charge in [-0.15, -0.1) is 0 Å². The number of furan rings is 1. The van der Waals surface area contributed by atoms with Crippen LogP contribution in [0.15, 0.2) is 45.3 Å². The van der Waals surface area contributed by atoms with Gasteiger partial charge in [0.15, 0.2) is 5.76 Å². The number of piperidine rings is 1. The molecule has 0 aliphatic carbocycles. The fraction of sp³-hybridized carbons (Fsp3) is 0.435. The molecule has 3 heterocycles. The fourth-order valence-corrected chi connectivity index (χ4v) is 3.71. The third kappa shape index (κ3) is 4.11. The Morgan fingerprint density at radius 3 is 2.55 bits per heavy atom. The fourth-order valence-electron chi connectivity index (χ4n) is 3.71. The van der Waals surface area contributed by atoms with E-state index in [4.69, 9.17) is 8.94 Å². The molecule has 4 rings (SSSR count). The maximum Gasteiger partial charge on any atom is 0.253 e. The number of carbonyl (C=O) groups is 1. The van der Waals surface area contributed by atoms with Crippen molar-refractivity contribution in [2.75, 3.05) is 13.1 Å². The highest BCUT2D eigenvalue weighted by atomic mass is 16.5. The van der Waals surface area contributed by atoms with Crippen molar-refractivity contribution < 1.29 is 13.7 Å². The number of rotatable bonds is 3. The SMILES string of the molecule is Cc1ccc(-c2noc([C@@H]3CCCN(C(=O)c4ccc(C(C)(C)C)cc4)C3)n2)o1. The molecule has 0 N–H and O–H groups in total. The van der Waals surface area contributed by atoms with Crippen LogP contribution in [0.25, 0.3) is 11.6 Å². The average Bonchev–Trinajstić information content (AvgIpc) is 3.36. The third-order valence-electron chi connectivity index (χ3n) is 5.46. The van der Waals surface area contributed by atoms with E-state index >= 15 is 0 Å². The van der Waals surface area contributed by atoms with Crippen LogP contribution in [0.1, 0.15) is 67.1 Å². The number of benzene rings is 1. The molecular formula is C23H27N3O3. The Bertz CT molecular complexity index is 995. The van der Waals surface area contributed by atoms with E-state index in [1.807, 2.05) is 48.2 Å². The molecular weight excluding hydrogens is 366 g/mol. The number of nitrogens with zero attached hydrogens (tertiary/aromatic N) is 3. The Balaban J connectivity index is 1.47. The van der Waals surface area contributed by atoms with Crippen LogP contribution in [-0.2, 0) is 5.41 Å². The molecule has 1 aliphatic heterocycles. The van der Waals surface area contributed by atoms with Crippen molar-refractivity contribution in [3.8, 4) is 11.6 Å². The van der Waals surface area contributed by atoms with Crippen molar-refractivity contribution in [2.45, 2.75) is 51.9 Å². The number of aryl methyl sites for hydroxylation is 1. The predicted molar refractivity (Wildman–Crippen MR) is 110 cm³/mol. The first-order valence-corrected chi connectivity index (χ1v) is 10.1. The van der Waals surface area contributed by atoms with Crippen molar-refractivity contribution in [1.82, 2.24) is 15.0 Å². The summed E-state index contributed by atoms with van der Waals surface area (Å²) in [7, 11) is 0. The standard InChI is InChI=1S/C23H27N3O3/c1-15-7-12-19(28-15)20-24-21(29-25-20)17-6-5-13-26(14-17)22(27)16-8-10-18(11-9-16)23(2,3)4/h7-12,17H,5-6,13-14H2,1-4H3/t17-/m1/s1.